The van der Waals surface area contributed by atoms with Crippen LogP contribution in [-0.2, 0) is 9.53 Å². The second-order valence-corrected chi connectivity index (χ2v) is 5.13. The van der Waals surface area contributed by atoms with E-state index in [0.717, 1.165) is 6.42 Å². The topological polar surface area (TPSA) is 73.6 Å². The number of ether oxygens (including phenoxy) is 2. The average Bonchev–Trinajstić information content (AvgIpc) is 2.82. The van der Waals surface area contributed by atoms with Crippen molar-refractivity contribution in [2.45, 2.75) is 25.5 Å². The van der Waals surface area contributed by atoms with Crippen molar-refractivity contribution in [1.82, 2.24) is 5.32 Å². The van der Waals surface area contributed by atoms with E-state index in [1.165, 1.54) is 0 Å². The fourth-order valence-electron chi connectivity index (χ4n) is 2.11. The summed E-state index contributed by atoms with van der Waals surface area (Å²) >= 11 is 4.94. The normalized spacial score (nSPS) is 21.4. The highest BCUT2D eigenvalue weighted by atomic mass is 32.1. The molecule has 6 heteroatoms. The molecule has 5 nitrogen and oxygen atoms in total. The molecule has 0 aliphatic carbocycles. The van der Waals surface area contributed by atoms with Gasteiger partial charge in [-0.05, 0) is 25.5 Å². The second kappa shape index (κ2) is 6.67. The van der Waals surface area contributed by atoms with Crippen molar-refractivity contribution in [3.8, 4) is 5.75 Å². The SMILES string of the molecule is CC1OCCC1NC(=O)COc1ccccc1C(N)=S. The van der Waals surface area contributed by atoms with Crippen LogP contribution in [0.1, 0.15) is 18.9 Å². The van der Waals surface area contributed by atoms with Crippen molar-refractivity contribution in [1.29, 1.82) is 0 Å². The Balaban J connectivity index is 1.89. The fraction of sp³-hybridized carbons (Fsp3) is 0.429. The number of para-hydroxylation sites is 1. The molecule has 0 bridgehead atoms. The molecule has 2 unspecified atom stereocenters. The van der Waals surface area contributed by atoms with Gasteiger partial charge in [-0.3, -0.25) is 4.79 Å². The van der Waals surface area contributed by atoms with Crippen LogP contribution in [0.5, 0.6) is 5.75 Å². The Hall–Kier alpha value is -1.66. The third-order valence-electron chi connectivity index (χ3n) is 3.23. The Labute approximate surface area is 123 Å². The van der Waals surface area contributed by atoms with Crippen LogP contribution in [0.15, 0.2) is 24.3 Å². The van der Waals surface area contributed by atoms with E-state index in [-0.39, 0.29) is 29.6 Å². The van der Waals surface area contributed by atoms with Crippen molar-refractivity contribution in [3.05, 3.63) is 29.8 Å². The summed E-state index contributed by atoms with van der Waals surface area (Å²) in [5.74, 6) is 0.343. The lowest BCUT2D eigenvalue weighted by atomic mass is 10.1. The largest absolute Gasteiger partial charge is 0.483 e. The van der Waals surface area contributed by atoms with E-state index in [2.05, 4.69) is 5.32 Å². The van der Waals surface area contributed by atoms with E-state index < -0.39 is 0 Å². The molecule has 1 aromatic rings. The average molecular weight is 294 g/mol. The zero-order chi connectivity index (χ0) is 14.5. The highest BCUT2D eigenvalue weighted by Gasteiger charge is 2.25. The number of nitrogens with two attached hydrogens (primary N) is 1. The van der Waals surface area contributed by atoms with Crippen LogP contribution in [0, 0.1) is 0 Å². The fourth-order valence-corrected chi connectivity index (χ4v) is 2.28. The van der Waals surface area contributed by atoms with Gasteiger partial charge in [0.05, 0.1) is 17.7 Å². The van der Waals surface area contributed by atoms with Gasteiger partial charge in [0, 0.05) is 6.61 Å². The van der Waals surface area contributed by atoms with Crippen LogP contribution < -0.4 is 15.8 Å². The maximum Gasteiger partial charge on any atom is 0.258 e. The Morgan fingerprint density at radius 2 is 2.30 bits per heavy atom. The molecule has 20 heavy (non-hydrogen) atoms. The molecule has 1 aliphatic heterocycles. The van der Waals surface area contributed by atoms with Gasteiger partial charge in [-0.2, -0.15) is 0 Å². The predicted octanol–water partition coefficient (Wildman–Crippen LogP) is 0.993. The summed E-state index contributed by atoms with van der Waals surface area (Å²) in [5, 5.41) is 2.89. The zero-order valence-corrected chi connectivity index (χ0v) is 12.1. The van der Waals surface area contributed by atoms with Crippen LogP contribution in [0.3, 0.4) is 0 Å². The highest BCUT2D eigenvalue weighted by molar-refractivity contribution is 7.80. The number of carbonyl (C=O) groups is 1. The quantitative estimate of drug-likeness (QED) is 0.792. The Morgan fingerprint density at radius 1 is 1.55 bits per heavy atom. The van der Waals surface area contributed by atoms with Gasteiger partial charge in [-0.15, -0.1) is 0 Å². The van der Waals surface area contributed by atoms with Gasteiger partial charge in [0.15, 0.2) is 6.61 Å². The molecule has 0 spiro atoms. The molecule has 0 aromatic heterocycles. The molecule has 108 valence electrons. The Morgan fingerprint density at radius 3 is 2.95 bits per heavy atom. The van der Waals surface area contributed by atoms with Gasteiger partial charge in [0.25, 0.3) is 5.91 Å². The number of carbonyl (C=O) groups excluding carboxylic acids is 1. The summed E-state index contributed by atoms with van der Waals surface area (Å²) in [6.45, 7) is 2.56. The van der Waals surface area contributed by atoms with Gasteiger partial charge in [-0.1, -0.05) is 24.4 Å². The molecule has 0 radical (unpaired) electrons. The molecule has 2 rings (SSSR count). The van der Waals surface area contributed by atoms with E-state index in [9.17, 15) is 4.79 Å². The summed E-state index contributed by atoms with van der Waals surface area (Å²) in [5.41, 5.74) is 6.24. The number of thiocarbonyl (C=S) groups is 1. The summed E-state index contributed by atoms with van der Waals surface area (Å²) in [7, 11) is 0. The van der Waals surface area contributed by atoms with Crippen LogP contribution in [0.25, 0.3) is 0 Å². The highest BCUT2D eigenvalue weighted by Crippen LogP contribution is 2.17. The van der Waals surface area contributed by atoms with Crippen molar-refractivity contribution in [3.63, 3.8) is 0 Å². The van der Waals surface area contributed by atoms with Crippen molar-refractivity contribution in [2.24, 2.45) is 5.73 Å². The molecule has 3 N–H and O–H groups in total. The molecular weight excluding hydrogens is 276 g/mol. The van der Waals surface area contributed by atoms with Crippen molar-refractivity contribution >= 4 is 23.1 Å². The molecule has 1 aromatic carbocycles. The lowest BCUT2D eigenvalue weighted by Crippen LogP contribution is -2.41. The molecule has 1 amide bonds. The minimum atomic E-state index is -0.176. The summed E-state index contributed by atoms with van der Waals surface area (Å²) in [6.07, 6.45) is 0.874. The molecule has 1 heterocycles. The van der Waals surface area contributed by atoms with Gasteiger partial charge >= 0.3 is 0 Å². The number of amides is 1. The van der Waals surface area contributed by atoms with Crippen molar-refractivity contribution < 1.29 is 14.3 Å². The lowest BCUT2D eigenvalue weighted by molar-refractivity contribution is -0.124. The summed E-state index contributed by atoms with van der Waals surface area (Å²) in [4.78, 5) is 12.1. The zero-order valence-electron chi connectivity index (χ0n) is 11.3. The molecular formula is C14H18N2O3S. The Kier molecular flexibility index (Phi) is 4.92. The number of benzene rings is 1. The molecule has 0 saturated carbocycles. The third-order valence-corrected chi connectivity index (χ3v) is 3.45. The Bertz CT molecular complexity index is 507. The standard InChI is InChI=1S/C14H18N2O3S/c1-9-11(6-7-18-9)16-13(17)8-19-12-5-3-2-4-10(12)14(15)20/h2-5,9,11H,6-8H2,1H3,(H2,15,20)(H,16,17). The number of hydrogen-bond acceptors (Lipinski definition) is 4. The molecule has 2 atom stereocenters. The number of rotatable bonds is 5. The first-order valence-electron chi connectivity index (χ1n) is 6.50. The van der Waals surface area contributed by atoms with Gasteiger partial charge in [0.2, 0.25) is 0 Å². The first-order valence-corrected chi connectivity index (χ1v) is 6.91. The maximum absolute atomic E-state index is 11.8. The third kappa shape index (κ3) is 3.68. The molecule has 1 aliphatic rings. The van der Waals surface area contributed by atoms with Crippen LogP contribution >= 0.6 is 12.2 Å². The van der Waals surface area contributed by atoms with Gasteiger partial charge < -0.3 is 20.5 Å². The summed E-state index contributed by atoms with van der Waals surface area (Å²) < 4.78 is 10.9. The van der Waals surface area contributed by atoms with E-state index >= 15 is 0 Å². The van der Waals surface area contributed by atoms with Gasteiger partial charge in [-0.25, -0.2) is 0 Å². The van der Waals surface area contributed by atoms with Crippen LogP contribution in [0.4, 0.5) is 0 Å². The minimum Gasteiger partial charge on any atom is -0.483 e. The van der Waals surface area contributed by atoms with Gasteiger partial charge in [0.1, 0.15) is 10.7 Å². The predicted molar refractivity (Wildman–Crippen MR) is 79.8 cm³/mol. The molecule has 1 fully saturated rings. The first kappa shape index (κ1) is 14.7. The van der Waals surface area contributed by atoms with Crippen molar-refractivity contribution in [2.75, 3.05) is 13.2 Å². The monoisotopic (exact) mass is 294 g/mol. The maximum atomic E-state index is 11.8. The second-order valence-electron chi connectivity index (χ2n) is 4.69. The van der Waals surface area contributed by atoms with E-state index in [4.69, 9.17) is 27.4 Å². The van der Waals surface area contributed by atoms with Crippen LogP contribution in [-0.4, -0.2) is 36.3 Å². The van der Waals surface area contributed by atoms with E-state index in [0.29, 0.717) is 17.9 Å². The number of nitrogens with one attached hydrogen (secondary N) is 1. The van der Waals surface area contributed by atoms with Crippen LogP contribution in [0.2, 0.25) is 0 Å². The van der Waals surface area contributed by atoms with E-state index in [1.807, 2.05) is 19.1 Å². The minimum absolute atomic E-state index is 0.0443. The summed E-state index contributed by atoms with van der Waals surface area (Å²) in [6, 6.07) is 7.18. The lowest BCUT2D eigenvalue weighted by Gasteiger charge is -2.16. The molecule has 1 saturated heterocycles. The number of hydrogen-bond donors (Lipinski definition) is 2. The smallest absolute Gasteiger partial charge is 0.258 e. The van der Waals surface area contributed by atoms with E-state index in [1.54, 1.807) is 12.1 Å². The first-order chi connectivity index (χ1) is 9.58.